The summed E-state index contributed by atoms with van der Waals surface area (Å²) in [6.07, 6.45) is 0. The molecule has 0 aliphatic heterocycles. The Morgan fingerprint density at radius 2 is 2.00 bits per heavy atom. The first-order chi connectivity index (χ1) is 8.61. The molecule has 0 fully saturated rings. The minimum Gasteiger partial charge on any atom is -0.384 e. The average molecular weight is 243 g/mol. The predicted octanol–water partition coefficient (Wildman–Crippen LogP) is 2.49. The summed E-state index contributed by atoms with van der Waals surface area (Å²) in [4.78, 5) is 8.78. The van der Waals surface area contributed by atoms with Gasteiger partial charge in [-0.3, -0.25) is 0 Å². The van der Waals surface area contributed by atoms with Crippen LogP contribution in [0.1, 0.15) is 16.8 Å². The summed E-state index contributed by atoms with van der Waals surface area (Å²) >= 11 is 0. The number of anilines is 1. The molecule has 0 aliphatic carbocycles. The van der Waals surface area contributed by atoms with Crippen molar-refractivity contribution in [2.75, 3.05) is 12.8 Å². The largest absolute Gasteiger partial charge is 0.384 e. The lowest BCUT2D eigenvalue weighted by atomic mass is 10.0. The third-order valence-corrected chi connectivity index (χ3v) is 2.94. The Morgan fingerprint density at radius 1 is 1.22 bits per heavy atom. The molecule has 0 amide bonds. The van der Waals surface area contributed by atoms with Crippen LogP contribution in [0, 0.1) is 13.8 Å². The van der Waals surface area contributed by atoms with Crippen LogP contribution in [0.5, 0.6) is 0 Å². The number of methoxy groups -OCH3 is 1. The maximum Gasteiger partial charge on any atom is 0.162 e. The molecule has 94 valence electrons. The Bertz CT molecular complexity index is 567. The van der Waals surface area contributed by atoms with Gasteiger partial charge in [0.2, 0.25) is 0 Å². The molecule has 2 N–H and O–H groups in total. The first-order valence-electron chi connectivity index (χ1n) is 5.80. The van der Waals surface area contributed by atoms with Crippen LogP contribution in [0.3, 0.4) is 0 Å². The Labute approximate surface area is 107 Å². The zero-order valence-electron chi connectivity index (χ0n) is 10.9. The zero-order chi connectivity index (χ0) is 13.1. The van der Waals surface area contributed by atoms with Crippen molar-refractivity contribution in [3.8, 4) is 11.4 Å². The highest BCUT2D eigenvalue weighted by Crippen LogP contribution is 2.23. The van der Waals surface area contributed by atoms with Crippen molar-refractivity contribution in [3.05, 3.63) is 41.1 Å². The Balaban J connectivity index is 2.53. The molecule has 1 heterocycles. The highest BCUT2D eigenvalue weighted by atomic mass is 16.5. The highest BCUT2D eigenvalue weighted by Gasteiger charge is 2.09. The van der Waals surface area contributed by atoms with Gasteiger partial charge in [-0.1, -0.05) is 18.2 Å². The Hall–Kier alpha value is -1.94. The number of aryl methyl sites for hydroxylation is 1. The molecule has 0 radical (unpaired) electrons. The van der Waals surface area contributed by atoms with Gasteiger partial charge in [-0.25, -0.2) is 9.97 Å². The summed E-state index contributed by atoms with van der Waals surface area (Å²) in [5, 5.41) is 0. The van der Waals surface area contributed by atoms with Gasteiger partial charge in [0.1, 0.15) is 5.82 Å². The van der Waals surface area contributed by atoms with Crippen LogP contribution in [0.4, 0.5) is 5.82 Å². The molecule has 4 nitrogen and oxygen atoms in total. The molecule has 0 spiro atoms. The van der Waals surface area contributed by atoms with E-state index >= 15 is 0 Å². The second-order valence-electron chi connectivity index (χ2n) is 4.29. The molecule has 2 rings (SSSR count). The predicted molar refractivity (Wildman–Crippen MR) is 72.1 cm³/mol. The van der Waals surface area contributed by atoms with Gasteiger partial charge in [0.25, 0.3) is 0 Å². The summed E-state index contributed by atoms with van der Waals surface area (Å²) in [5.74, 6) is 1.12. The summed E-state index contributed by atoms with van der Waals surface area (Å²) in [7, 11) is 1.63. The maximum absolute atomic E-state index is 5.81. The standard InChI is InChI=1S/C14H17N3O/c1-9-5-4-6-12(10(9)2)14-16-11(8-18-3)7-13(15)17-14/h4-7H,8H2,1-3H3,(H2,15,16,17). The Morgan fingerprint density at radius 3 is 2.72 bits per heavy atom. The van der Waals surface area contributed by atoms with Crippen molar-refractivity contribution < 1.29 is 4.74 Å². The lowest BCUT2D eigenvalue weighted by Crippen LogP contribution is -2.02. The van der Waals surface area contributed by atoms with Crippen molar-refractivity contribution in [1.29, 1.82) is 0 Å². The third kappa shape index (κ3) is 2.49. The molecule has 2 aromatic rings. The van der Waals surface area contributed by atoms with Crippen molar-refractivity contribution >= 4 is 5.82 Å². The normalized spacial score (nSPS) is 10.6. The molecular formula is C14H17N3O. The van der Waals surface area contributed by atoms with E-state index in [9.17, 15) is 0 Å². The van der Waals surface area contributed by atoms with Gasteiger partial charge in [-0.15, -0.1) is 0 Å². The van der Waals surface area contributed by atoms with Crippen LogP contribution in [-0.4, -0.2) is 17.1 Å². The zero-order valence-corrected chi connectivity index (χ0v) is 10.9. The lowest BCUT2D eigenvalue weighted by molar-refractivity contribution is 0.181. The number of hydrogen-bond acceptors (Lipinski definition) is 4. The lowest BCUT2D eigenvalue weighted by Gasteiger charge is -2.09. The molecule has 4 heteroatoms. The molecule has 0 bridgehead atoms. The molecule has 0 saturated carbocycles. The van der Waals surface area contributed by atoms with Gasteiger partial charge >= 0.3 is 0 Å². The van der Waals surface area contributed by atoms with E-state index in [4.69, 9.17) is 10.5 Å². The van der Waals surface area contributed by atoms with Crippen LogP contribution in [0.2, 0.25) is 0 Å². The number of rotatable bonds is 3. The van der Waals surface area contributed by atoms with E-state index < -0.39 is 0 Å². The number of aromatic nitrogens is 2. The monoisotopic (exact) mass is 243 g/mol. The van der Waals surface area contributed by atoms with Gasteiger partial charge in [0.15, 0.2) is 5.82 Å². The van der Waals surface area contributed by atoms with Crippen LogP contribution in [-0.2, 0) is 11.3 Å². The second-order valence-corrected chi connectivity index (χ2v) is 4.29. The summed E-state index contributed by atoms with van der Waals surface area (Å²) < 4.78 is 5.08. The maximum atomic E-state index is 5.81. The van der Waals surface area contributed by atoms with E-state index in [1.54, 1.807) is 13.2 Å². The molecule has 0 atom stereocenters. The topological polar surface area (TPSA) is 61.0 Å². The minimum absolute atomic E-state index is 0.435. The summed E-state index contributed by atoms with van der Waals surface area (Å²) in [5.41, 5.74) is 10.0. The van der Waals surface area contributed by atoms with Gasteiger partial charge in [-0.05, 0) is 25.0 Å². The number of nitrogen functional groups attached to an aromatic ring is 1. The molecule has 18 heavy (non-hydrogen) atoms. The SMILES string of the molecule is COCc1cc(N)nc(-c2cccc(C)c2C)n1. The fourth-order valence-corrected chi connectivity index (χ4v) is 1.85. The Kier molecular flexibility index (Phi) is 3.58. The molecule has 0 saturated heterocycles. The van der Waals surface area contributed by atoms with E-state index in [1.807, 2.05) is 12.1 Å². The van der Waals surface area contributed by atoms with Gasteiger partial charge in [0.05, 0.1) is 12.3 Å². The van der Waals surface area contributed by atoms with E-state index in [0.29, 0.717) is 18.2 Å². The number of benzene rings is 1. The van der Waals surface area contributed by atoms with Crippen molar-refractivity contribution in [2.24, 2.45) is 0 Å². The van der Waals surface area contributed by atoms with Crippen LogP contribution >= 0.6 is 0 Å². The quantitative estimate of drug-likeness (QED) is 0.899. The number of hydrogen-bond donors (Lipinski definition) is 1. The number of ether oxygens (including phenoxy) is 1. The summed E-state index contributed by atoms with van der Waals surface area (Å²) in [6.45, 7) is 4.57. The van der Waals surface area contributed by atoms with E-state index in [2.05, 4.69) is 29.9 Å². The molecule has 0 unspecified atom stereocenters. The van der Waals surface area contributed by atoms with Crippen LogP contribution in [0.15, 0.2) is 24.3 Å². The molecule has 1 aromatic carbocycles. The summed E-state index contributed by atoms with van der Waals surface area (Å²) in [6, 6.07) is 7.81. The number of nitrogens with two attached hydrogens (primary N) is 1. The highest BCUT2D eigenvalue weighted by molar-refractivity contribution is 5.63. The molecule has 1 aromatic heterocycles. The molecule has 0 aliphatic rings. The average Bonchev–Trinajstić information content (AvgIpc) is 2.32. The van der Waals surface area contributed by atoms with E-state index in [1.165, 1.54) is 11.1 Å². The molecular weight excluding hydrogens is 226 g/mol. The number of nitrogens with zero attached hydrogens (tertiary/aromatic N) is 2. The van der Waals surface area contributed by atoms with E-state index in [0.717, 1.165) is 11.3 Å². The van der Waals surface area contributed by atoms with Crippen LogP contribution < -0.4 is 5.73 Å². The van der Waals surface area contributed by atoms with Gasteiger partial charge in [0, 0.05) is 18.7 Å². The van der Waals surface area contributed by atoms with Crippen LogP contribution in [0.25, 0.3) is 11.4 Å². The van der Waals surface area contributed by atoms with Crippen molar-refractivity contribution in [1.82, 2.24) is 9.97 Å². The minimum atomic E-state index is 0.435. The third-order valence-electron chi connectivity index (χ3n) is 2.94. The van der Waals surface area contributed by atoms with Crippen molar-refractivity contribution in [3.63, 3.8) is 0 Å². The fraction of sp³-hybridized carbons (Fsp3) is 0.286. The van der Waals surface area contributed by atoms with E-state index in [-0.39, 0.29) is 0 Å². The first-order valence-corrected chi connectivity index (χ1v) is 5.80. The van der Waals surface area contributed by atoms with Gasteiger partial charge in [-0.2, -0.15) is 0 Å². The van der Waals surface area contributed by atoms with Crippen molar-refractivity contribution in [2.45, 2.75) is 20.5 Å². The fourth-order valence-electron chi connectivity index (χ4n) is 1.85. The van der Waals surface area contributed by atoms with Gasteiger partial charge < -0.3 is 10.5 Å². The smallest absolute Gasteiger partial charge is 0.162 e. The first kappa shape index (κ1) is 12.5. The second kappa shape index (κ2) is 5.14.